The number of benzene rings is 1. The Morgan fingerprint density at radius 2 is 2.38 bits per heavy atom. The van der Waals surface area contributed by atoms with Crippen molar-refractivity contribution in [3.05, 3.63) is 33.9 Å². The zero-order valence-electron chi connectivity index (χ0n) is 8.38. The third-order valence-corrected chi connectivity index (χ3v) is 2.49. The zero-order valence-corrected chi connectivity index (χ0v) is 9.97. The van der Waals surface area contributed by atoms with E-state index in [-0.39, 0.29) is 11.4 Å². The van der Waals surface area contributed by atoms with Crippen LogP contribution in [-0.2, 0) is 0 Å². The molecule has 0 atom stereocenters. The van der Waals surface area contributed by atoms with E-state index in [0.717, 1.165) is 0 Å². The number of rotatable bonds is 4. The van der Waals surface area contributed by atoms with Gasteiger partial charge >= 0.3 is 5.69 Å². The number of methoxy groups -OCH3 is 1. The average molecular weight is 289 g/mol. The molecular formula is C9H9BrN2O4. The lowest BCUT2D eigenvalue weighted by Gasteiger charge is -2.04. The molecule has 0 unspecified atom stereocenters. The molecule has 86 valence electrons. The van der Waals surface area contributed by atoms with E-state index in [0.29, 0.717) is 16.6 Å². The number of hydrogen-bond acceptors (Lipinski definition) is 5. The Morgan fingerprint density at radius 1 is 1.69 bits per heavy atom. The Morgan fingerprint density at radius 3 is 2.81 bits per heavy atom. The molecule has 0 aliphatic rings. The van der Waals surface area contributed by atoms with E-state index in [1.807, 2.05) is 0 Å². The molecule has 0 heterocycles. The quantitative estimate of drug-likeness (QED) is 0.302. The van der Waals surface area contributed by atoms with Crippen molar-refractivity contribution in [1.29, 1.82) is 0 Å². The second-order valence-corrected chi connectivity index (χ2v) is 3.38. The number of nitro groups is 1. The molecule has 0 aromatic heterocycles. The summed E-state index contributed by atoms with van der Waals surface area (Å²) in [5, 5.41) is 22.8. The number of hydrogen-bond donors (Lipinski definition) is 1. The topological polar surface area (TPSA) is 85.0 Å². The molecule has 0 saturated heterocycles. The maximum Gasteiger partial charge on any atom is 0.311 e. The monoisotopic (exact) mass is 288 g/mol. The van der Waals surface area contributed by atoms with Crippen molar-refractivity contribution in [1.82, 2.24) is 0 Å². The van der Waals surface area contributed by atoms with Crippen molar-refractivity contribution in [2.45, 2.75) is 0 Å². The van der Waals surface area contributed by atoms with Gasteiger partial charge < -0.3 is 9.94 Å². The van der Waals surface area contributed by atoms with Crippen LogP contribution in [0.5, 0.6) is 5.75 Å². The molecule has 0 radical (unpaired) electrons. The predicted octanol–water partition coefficient (Wildman–Crippen LogP) is 2.18. The Bertz CT molecular complexity index is 434. The summed E-state index contributed by atoms with van der Waals surface area (Å²) in [7, 11) is 1.35. The minimum atomic E-state index is -0.550. The molecule has 0 spiro atoms. The summed E-state index contributed by atoms with van der Waals surface area (Å²) in [5.41, 5.74) is 0.611. The molecule has 0 fully saturated rings. The fourth-order valence-electron chi connectivity index (χ4n) is 1.17. The fourth-order valence-corrected chi connectivity index (χ4v) is 1.61. The third kappa shape index (κ3) is 2.48. The number of halogens is 1. The van der Waals surface area contributed by atoms with E-state index >= 15 is 0 Å². The minimum absolute atomic E-state index is 0.165. The normalized spacial score (nSPS) is 11.2. The first kappa shape index (κ1) is 12.4. The van der Waals surface area contributed by atoms with Gasteiger partial charge in [-0.15, -0.1) is 0 Å². The Labute approximate surface area is 99.8 Å². The summed E-state index contributed by atoms with van der Waals surface area (Å²) < 4.78 is 4.85. The summed E-state index contributed by atoms with van der Waals surface area (Å²) in [4.78, 5) is 10.2. The number of oxime groups is 1. The molecule has 0 saturated carbocycles. The van der Waals surface area contributed by atoms with Crippen LogP contribution in [0.1, 0.15) is 5.56 Å². The number of nitro benzene ring substituents is 1. The molecule has 0 aliphatic heterocycles. The fraction of sp³-hybridized carbons (Fsp3) is 0.222. The van der Waals surface area contributed by atoms with E-state index < -0.39 is 4.92 Å². The van der Waals surface area contributed by atoms with Crippen LogP contribution in [-0.4, -0.2) is 28.3 Å². The van der Waals surface area contributed by atoms with Gasteiger partial charge in [-0.05, 0) is 12.1 Å². The highest BCUT2D eigenvalue weighted by Gasteiger charge is 2.16. The molecule has 1 N–H and O–H groups in total. The first-order chi connectivity index (χ1) is 7.63. The van der Waals surface area contributed by atoms with E-state index in [9.17, 15) is 10.1 Å². The van der Waals surface area contributed by atoms with E-state index in [1.54, 1.807) is 6.07 Å². The number of ether oxygens (including phenoxy) is 1. The first-order valence-electron chi connectivity index (χ1n) is 4.23. The van der Waals surface area contributed by atoms with Crippen LogP contribution < -0.4 is 4.74 Å². The lowest BCUT2D eigenvalue weighted by Crippen LogP contribution is -2.04. The summed E-state index contributed by atoms with van der Waals surface area (Å²) in [6.07, 6.45) is 0. The van der Waals surface area contributed by atoms with Gasteiger partial charge in [-0.1, -0.05) is 21.1 Å². The van der Waals surface area contributed by atoms with Gasteiger partial charge in [0, 0.05) is 17.0 Å². The highest BCUT2D eigenvalue weighted by molar-refractivity contribution is 9.09. The Balaban J connectivity index is 3.27. The lowest BCUT2D eigenvalue weighted by molar-refractivity contribution is -0.385. The van der Waals surface area contributed by atoms with Gasteiger partial charge in [0.25, 0.3) is 0 Å². The minimum Gasteiger partial charge on any atom is -0.490 e. The molecule has 1 aromatic carbocycles. The van der Waals surface area contributed by atoms with E-state index in [1.165, 1.54) is 19.2 Å². The smallest absolute Gasteiger partial charge is 0.311 e. The Kier molecular flexibility index (Phi) is 4.24. The SMILES string of the molecule is COc1ccc(/C(CBr)=N/O)cc1[N+](=O)[O-]. The highest BCUT2D eigenvalue weighted by atomic mass is 79.9. The van der Waals surface area contributed by atoms with Crippen LogP contribution in [0.25, 0.3) is 0 Å². The van der Waals surface area contributed by atoms with E-state index in [4.69, 9.17) is 9.94 Å². The van der Waals surface area contributed by atoms with Crippen molar-refractivity contribution >= 4 is 27.3 Å². The van der Waals surface area contributed by atoms with Gasteiger partial charge in [0.1, 0.15) is 0 Å². The van der Waals surface area contributed by atoms with Crippen molar-refractivity contribution in [2.75, 3.05) is 12.4 Å². The molecule has 1 rings (SSSR count). The molecular weight excluding hydrogens is 280 g/mol. The summed E-state index contributed by atoms with van der Waals surface area (Å²) in [5.74, 6) is 0.167. The molecule has 16 heavy (non-hydrogen) atoms. The van der Waals surface area contributed by atoms with Gasteiger partial charge in [-0.2, -0.15) is 0 Å². The second-order valence-electron chi connectivity index (χ2n) is 2.82. The molecule has 0 aliphatic carbocycles. The zero-order chi connectivity index (χ0) is 12.1. The molecule has 1 aromatic rings. The number of nitrogens with zero attached hydrogens (tertiary/aromatic N) is 2. The van der Waals surface area contributed by atoms with Crippen molar-refractivity contribution in [3.63, 3.8) is 0 Å². The van der Waals surface area contributed by atoms with Crippen molar-refractivity contribution in [3.8, 4) is 5.75 Å². The molecule has 0 bridgehead atoms. The van der Waals surface area contributed by atoms with Gasteiger partial charge in [0.15, 0.2) is 5.75 Å². The summed E-state index contributed by atoms with van der Waals surface area (Å²) in [6.45, 7) is 0. The van der Waals surface area contributed by atoms with Gasteiger partial charge in [-0.3, -0.25) is 10.1 Å². The third-order valence-electron chi connectivity index (χ3n) is 1.96. The van der Waals surface area contributed by atoms with Crippen molar-refractivity contribution < 1.29 is 14.9 Å². The summed E-state index contributed by atoms with van der Waals surface area (Å²) >= 11 is 3.12. The summed E-state index contributed by atoms with van der Waals surface area (Å²) in [6, 6.07) is 4.35. The first-order valence-corrected chi connectivity index (χ1v) is 5.36. The van der Waals surface area contributed by atoms with Gasteiger partial charge in [0.05, 0.1) is 17.7 Å². The van der Waals surface area contributed by atoms with Crippen LogP contribution in [0.4, 0.5) is 5.69 Å². The molecule has 0 amide bonds. The van der Waals surface area contributed by atoms with Crippen LogP contribution in [0.15, 0.2) is 23.4 Å². The average Bonchev–Trinajstić information content (AvgIpc) is 2.30. The molecule has 6 nitrogen and oxygen atoms in total. The van der Waals surface area contributed by atoms with Crippen molar-refractivity contribution in [2.24, 2.45) is 5.16 Å². The van der Waals surface area contributed by atoms with Crippen LogP contribution >= 0.6 is 15.9 Å². The maximum atomic E-state index is 10.7. The largest absolute Gasteiger partial charge is 0.490 e. The maximum absolute atomic E-state index is 10.7. The Hall–Kier alpha value is -1.63. The highest BCUT2D eigenvalue weighted by Crippen LogP contribution is 2.27. The van der Waals surface area contributed by atoms with Gasteiger partial charge in [0.2, 0.25) is 0 Å². The predicted molar refractivity (Wildman–Crippen MR) is 61.8 cm³/mol. The second kappa shape index (κ2) is 5.45. The van der Waals surface area contributed by atoms with Crippen LogP contribution in [0, 0.1) is 10.1 Å². The van der Waals surface area contributed by atoms with E-state index in [2.05, 4.69) is 21.1 Å². The standard InChI is InChI=1S/C9H9BrN2O4/c1-16-9-3-2-6(7(5-10)11-13)4-8(9)12(14)15/h2-4,13H,5H2,1H3/b11-7+. The van der Waals surface area contributed by atoms with Crippen LogP contribution in [0.3, 0.4) is 0 Å². The van der Waals surface area contributed by atoms with Crippen LogP contribution in [0.2, 0.25) is 0 Å². The number of alkyl halides is 1. The molecule has 7 heteroatoms. The van der Waals surface area contributed by atoms with Gasteiger partial charge in [-0.25, -0.2) is 0 Å². The lowest BCUT2D eigenvalue weighted by atomic mass is 10.1.